The first kappa shape index (κ1) is 16.4. The van der Waals surface area contributed by atoms with Gasteiger partial charge in [-0.15, -0.1) is 0 Å². The molecule has 0 fully saturated rings. The van der Waals surface area contributed by atoms with E-state index in [0.29, 0.717) is 15.8 Å². The monoisotopic (exact) mass is 342 g/mol. The van der Waals surface area contributed by atoms with Gasteiger partial charge in [0.1, 0.15) is 11.8 Å². The molecule has 0 saturated carbocycles. The highest BCUT2D eigenvalue weighted by Gasteiger charge is 2.21. The average Bonchev–Trinajstić information content (AvgIpc) is 2.97. The molecule has 0 aliphatic heterocycles. The Morgan fingerprint density at radius 2 is 1.86 bits per heavy atom. The fourth-order valence-electron chi connectivity index (χ4n) is 1.73. The molecular formula is C14H12Cl2N2O4. The van der Waals surface area contributed by atoms with Gasteiger partial charge in [-0.25, -0.2) is 0 Å². The van der Waals surface area contributed by atoms with E-state index in [1.165, 1.54) is 24.5 Å². The van der Waals surface area contributed by atoms with Crippen LogP contribution in [0.1, 0.15) is 11.8 Å². The number of aliphatic hydroxyl groups is 1. The minimum Gasteiger partial charge on any atom is -0.467 e. The summed E-state index contributed by atoms with van der Waals surface area (Å²) in [5.41, 5.74) is 0.288. The normalized spacial score (nSPS) is 11.8. The van der Waals surface area contributed by atoms with E-state index in [1.807, 2.05) is 0 Å². The van der Waals surface area contributed by atoms with E-state index in [0.717, 1.165) is 0 Å². The maximum atomic E-state index is 11.8. The van der Waals surface area contributed by atoms with Crippen LogP contribution in [0.5, 0.6) is 0 Å². The zero-order chi connectivity index (χ0) is 16.1. The lowest BCUT2D eigenvalue weighted by atomic mass is 10.2. The van der Waals surface area contributed by atoms with Crippen molar-refractivity contribution >= 4 is 40.7 Å². The second-order valence-corrected chi connectivity index (χ2v) is 5.21. The second-order valence-electron chi connectivity index (χ2n) is 4.34. The van der Waals surface area contributed by atoms with Gasteiger partial charge in [0.05, 0.1) is 12.9 Å². The number of hydrogen-bond donors (Lipinski definition) is 3. The molecule has 1 atom stereocenters. The summed E-state index contributed by atoms with van der Waals surface area (Å²) in [5, 5.41) is 14.6. The highest BCUT2D eigenvalue weighted by Crippen LogP contribution is 2.22. The Hall–Kier alpha value is -2.02. The van der Waals surface area contributed by atoms with Gasteiger partial charge >= 0.3 is 11.8 Å². The van der Waals surface area contributed by atoms with E-state index in [9.17, 15) is 14.7 Å². The van der Waals surface area contributed by atoms with Crippen LogP contribution in [0.4, 0.5) is 5.69 Å². The van der Waals surface area contributed by atoms with Gasteiger partial charge in [0.25, 0.3) is 0 Å². The Kier molecular flexibility index (Phi) is 5.43. The number of aliphatic hydroxyl groups excluding tert-OH is 1. The summed E-state index contributed by atoms with van der Waals surface area (Å²) in [6, 6.07) is 6.78. The lowest BCUT2D eigenvalue weighted by Gasteiger charge is -2.13. The standard InChI is InChI=1S/C14H12Cl2N2O4/c15-8-4-9(16)6-10(5-8)17-13(20)14(21)18-11(7-19)12-2-1-3-22-12/h1-6,11,19H,7H2,(H,17,20)(H,18,21). The van der Waals surface area contributed by atoms with Gasteiger partial charge in [0, 0.05) is 15.7 Å². The summed E-state index contributed by atoms with van der Waals surface area (Å²) in [5.74, 6) is -1.50. The second kappa shape index (κ2) is 7.31. The Labute approximate surface area is 136 Å². The number of furan rings is 1. The van der Waals surface area contributed by atoms with Crippen LogP contribution in [0, 0.1) is 0 Å². The van der Waals surface area contributed by atoms with Crippen LogP contribution in [0.25, 0.3) is 0 Å². The third-order valence-corrected chi connectivity index (χ3v) is 3.14. The zero-order valence-corrected chi connectivity index (χ0v) is 12.7. The molecule has 2 aromatic rings. The summed E-state index contributed by atoms with van der Waals surface area (Å²) >= 11 is 11.6. The van der Waals surface area contributed by atoms with E-state index < -0.39 is 24.5 Å². The molecule has 1 unspecified atom stereocenters. The molecule has 0 aliphatic carbocycles. The summed E-state index contributed by atoms with van der Waals surface area (Å²) < 4.78 is 5.08. The van der Waals surface area contributed by atoms with Crippen molar-refractivity contribution in [3.8, 4) is 0 Å². The summed E-state index contributed by atoms with van der Waals surface area (Å²) in [7, 11) is 0. The predicted octanol–water partition coefficient (Wildman–Crippen LogP) is 2.37. The van der Waals surface area contributed by atoms with Gasteiger partial charge in [0.15, 0.2) is 0 Å². The zero-order valence-electron chi connectivity index (χ0n) is 11.2. The van der Waals surface area contributed by atoms with Gasteiger partial charge in [-0.05, 0) is 30.3 Å². The fourth-order valence-corrected chi connectivity index (χ4v) is 2.26. The molecule has 8 heteroatoms. The van der Waals surface area contributed by atoms with Crippen molar-refractivity contribution in [1.82, 2.24) is 5.32 Å². The number of amides is 2. The van der Waals surface area contributed by atoms with Crippen LogP contribution in [-0.4, -0.2) is 23.5 Å². The number of nitrogens with one attached hydrogen (secondary N) is 2. The molecule has 1 aromatic heterocycles. The first-order chi connectivity index (χ1) is 10.5. The smallest absolute Gasteiger partial charge is 0.313 e. The highest BCUT2D eigenvalue weighted by atomic mass is 35.5. The first-order valence-electron chi connectivity index (χ1n) is 6.22. The molecule has 6 nitrogen and oxygen atoms in total. The molecule has 2 amide bonds. The van der Waals surface area contributed by atoms with Crippen LogP contribution in [0.3, 0.4) is 0 Å². The molecule has 0 radical (unpaired) electrons. The molecule has 1 heterocycles. The van der Waals surface area contributed by atoms with E-state index >= 15 is 0 Å². The third-order valence-electron chi connectivity index (χ3n) is 2.70. The van der Waals surface area contributed by atoms with E-state index in [1.54, 1.807) is 12.1 Å². The quantitative estimate of drug-likeness (QED) is 0.744. The molecule has 3 N–H and O–H groups in total. The minimum atomic E-state index is -0.924. The van der Waals surface area contributed by atoms with Crippen molar-refractivity contribution < 1.29 is 19.1 Å². The van der Waals surface area contributed by atoms with Gasteiger partial charge in [0.2, 0.25) is 0 Å². The van der Waals surface area contributed by atoms with Crippen molar-refractivity contribution in [1.29, 1.82) is 0 Å². The Balaban J connectivity index is 2.01. The number of benzene rings is 1. The van der Waals surface area contributed by atoms with Crippen LogP contribution in [-0.2, 0) is 9.59 Å². The SMILES string of the molecule is O=C(Nc1cc(Cl)cc(Cl)c1)C(=O)NC(CO)c1ccco1. The molecule has 0 bridgehead atoms. The highest BCUT2D eigenvalue weighted by molar-refractivity contribution is 6.40. The van der Waals surface area contributed by atoms with Crippen molar-refractivity contribution in [3.05, 3.63) is 52.4 Å². The minimum absolute atomic E-state index is 0.288. The lowest BCUT2D eigenvalue weighted by molar-refractivity contribution is -0.136. The van der Waals surface area contributed by atoms with Crippen molar-refractivity contribution in [3.63, 3.8) is 0 Å². The van der Waals surface area contributed by atoms with E-state index in [2.05, 4.69) is 10.6 Å². The van der Waals surface area contributed by atoms with Gasteiger partial charge in [-0.2, -0.15) is 0 Å². The Morgan fingerprint density at radius 3 is 2.41 bits per heavy atom. The van der Waals surface area contributed by atoms with Crippen LogP contribution in [0.2, 0.25) is 10.0 Å². The maximum Gasteiger partial charge on any atom is 0.313 e. The largest absolute Gasteiger partial charge is 0.467 e. The number of carbonyl (C=O) groups is 2. The predicted molar refractivity (Wildman–Crippen MR) is 81.8 cm³/mol. The van der Waals surface area contributed by atoms with Crippen molar-refractivity contribution in [2.24, 2.45) is 0 Å². The molecule has 1 aromatic carbocycles. The average molecular weight is 343 g/mol. The molecule has 22 heavy (non-hydrogen) atoms. The van der Waals surface area contributed by atoms with Gasteiger partial charge in [-0.3, -0.25) is 9.59 Å². The number of anilines is 1. The lowest BCUT2D eigenvalue weighted by Crippen LogP contribution is -2.38. The molecule has 0 saturated heterocycles. The maximum absolute atomic E-state index is 11.8. The fraction of sp³-hybridized carbons (Fsp3) is 0.143. The summed E-state index contributed by atoms with van der Waals surface area (Å²) in [6.07, 6.45) is 1.40. The van der Waals surface area contributed by atoms with Gasteiger partial charge < -0.3 is 20.2 Å². The molecule has 0 spiro atoms. The third kappa shape index (κ3) is 4.24. The van der Waals surface area contributed by atoms with Crippen molar-refractivity contribution in [2.45, 2.75) is 6.04 Å². The molecule has 0 aliphatic rings. The Bertz CT molecular complexity index is 653. The first-order valence-corrected chi connectivity index (χ1v) is 6.97. The van der Waals surface area contributed by atoms with Gasteiger partial charge in [-0.1, -0.05) is 23.2 Å². The number of halogens is 2. The Morgan fingerprint density at radius 1 is 1.18 bits per heavy atom. The van der Waals surface area contributed by atoms with E-state index in [4.69, 9.17) is 27.6 Å². The van der Waals surface area contributed by atoms with E-state index in [-0.39, 0.29) is 5.69 Å². The molecule has 116 valence electrons. The molecular weight excluding hydrogens is 331 g/mol. The number of rotatable bonds is 4. The van der Waals surface area contributed by atoms with Crippen LogP contribution < -0.4 is 10.6 Å². The number of hydrogen-bond acceptors (Lipinski definition) is 4. The number of carbonyl (C=O) groups excluding carboxylic acids is 2. The summed E-state index contributed by atoms with van der Waals surface area (Å²) in [4.78, 5) is 23.7. The summed E-state index contributed by atoms with van der Waals surface area (Å²) in [6.45, 7) is -0.407. The molecule has 2 rings (SSSR count). The van der Waals surface area contributed by atoms with Crippen LogP contribution >= 0.6 is 23.2 Å². The van der Waals surface area contributed by atoms with Crippen molar-refractivity contribution in [2.75, 3.05) is 11.9 Å². The van der Waals surface area contributed by atoms with Crippen LogP contribution in [0.15, 0.2) is 41.0 Å². The topological polar surface area (TPSA) is 91.6 Å².